The fourth-order valence-corrected chi connectivity index (χ4v) is 0.693. The summed E-state index contributed by atoms with van der Waals surface area (Å²) in [6.45, 7) is 2.02. The Morgan fingerprint density at radius 2 is 2.33 bits per heavy atom. The van der Waals surface area contributed by atoms with Crippen LogP contribution in [-0.4, -0.2) is 6.29 Å². The van der Waals surface area contributed by atoms with Crippen molar-refractivity contribution in [2.75, 3.05) is 0 Å². The molecule has 6 heavy (non-hydrogen) atoms. The van der Waals surface area contributed by atoms with Crippen molar-refractivity contribution in [2.24, 2.45) is 0 Å². The van der Waals surface area contributed by atoms with Crippen LogP contribution in [0.15, 0.2) is 0 Å². The largest absolute Gasteiger partial charge is 0.258 e. The maximum absolute atomic E-state index is 4.77. The van der Waals surface area contributed by atoms with Gasteiger partial charge in [-0.05, 0) is 6.42 Å². The molecule has 0 amide bonds. The lowest BCUT2D eigenvalue weighted by Crippen LogP contribution is -2.17. The van der Waals surface area contributed by atoms with E-state index in [4.69, 9.17) is 8.37 Å². The van der Waals surface area contributed by atoms with Crippen LogP contribution in [0.4, 0.5) is 0 Å². The molecule has 0 spiro atoms. The quantitative estimate of drug-likeness (QED) is 0.470. The molecule has 0 aromatic carbocycles. The van der Waals surface area contributed by atoms with Crippen LogP contribution in [-0.2, 0) is 8.37 Å². The van der Waals surface area contributed by atoms with Gasteiger partial charge >= 0.3 is 0 Å². The van der Waals surface area contributed by atoms with Gasteiger partial charge in [-0.25, -0.2) is 0 Å². The van der Waals surface area contributed by atoms with Gasteiger partial charge in [-0.1, -0.05) is 6.92 Å². The zero-order valence-corrected chi connectivity index (χ0v) is 4.33. The van der Waals surface area contributed by atoms with Crippen LogP contribution in [0.2, 0.25) is 0 Å². The number of hydrogen-bond donors (Lipinski definition) is 0. The van der Waals surface area contributed by atoms with Crippen molar-refractivity contribution in [1.29, 1.82) is 0 Å². The molecule has 1 aliphatic rings. The summed E-state index contributed by atoms with van der Waals surface area (Å²) >= 11 is 1.07. The summed E-state index contributed by atoms with van der Waals surface area (Å²) in [5, 5.41) is 0. The van der Waals surface area contributed by atoms with Gasteiger partial charge in [0.15, 0.2) is 18.6 Å². The second-order valence-corrected chi connectivity index (χ2v) is 1.62. The minimum atomic E-state index is 0.0787. The van der Waals surface area contributed by atoms with E-state index in [9.17, 15) is 0 Å². The van der Waals surface area contributed by atoms with Crippen molar-refractivity contribution in [1.82, 2.24) is 0 Å². The van der Waals surface area contributed by atoms with Crippen LogP contribution in [0, 0.1) is 0 Å². The Labute approximate surface area is 41.2 Å². The topological polar surface area (TPSA) is 18.5 Å². The molecule has 0 aromatic heterocycles. The molecule has 0 aliphatic carbocycles. The van der Waals surface area contributed by atoms with Gasteiger partial charge in [0, 0.05) is 0 Å². The summed E-state index contributed by atoms with van der Waals surface area (Å²) in [5.74, 6) is 0. The third-order valence-electron chi connectivity index (χ3n) is 0.627. The molecular formula is C3H6O2S. The second-order valence-electron chi connectivity index (χ2n) is 1.10. The van der Waals surface area contributed by atoms with E-state index >= 15 is 0 Å². The Morgan fingerprint density at radius 1 is 1.67 bits per heavy atom. The third kappa shape index (κ3) is 0.668. The highest BCUT2D eigenvalue weighted by Crippen LogP contribution is 2.26. The molecule has 2 nitrogen and oxygen atoms in total. The van der Waals surface area contributed by atoms with E-state index < -0.39 is 0 Å². The van der Waals surface area contributed by atoms with Gasteiger partial charge in [-0.15, -0.1) is 0 Å². The molecule has 1 saturated heterocycles. The highest BCUT2D eigenvalue weighted by Gasteiger charge is 2.17. The maximum atomic E-state index is 4.77. The van der Waals surface area contributed by atoms with Gasteiger partial charge in [-0.3, -0.25) is 8.37 Å². The molecule has 1 heterocycles. The lowest BCUT2D eigenvalue weighted by molar-refractivity contribution is -0.0418. The Kier molecular flexibility index (Phi) is 1.34. The first-order chi connectivity index (χ1) is 2.93. The summed E-state index contributed by atoms with van der Waals surface area (Å²) in [4.78, 5) is 0. The number of rotatable bonds is 1. The van der Waals surface area contributed by atoms with Gasteiger partial charge < -0.3 is 0 Å². The summed E-state index contributed by atoms with van der Waals surface area (Å²) in [7, 11) is 0. The van der Waals surface area contributed by atoms with E-state index in [-0.39, 0.29) is 6.29 Å². The molecule has 36 valence electrons. The van der Waals surface area contributed by atoms with Crippen molar-refractivity contribution in [3.8, 4) is 0 Å². The van der Waals surface area contributed by atoms with Gasteiger partial charge in [0.05, 0.1) is 0 Å². The van der Waals surface area contributed by atoms with E-state index in [1.54, 1.807) is 0 Å². The minimum absolute atomic E-state index is 0.0787. The predicted octanol–water partition coefficient (Wildman–Crippen LogP) is 1.33. The molecule has 0 unspecified atom stereocenters. The molecule has 0 saturated carbocycles. The molecule has 0 radical (unpaired) electrons. The number of hydrogen-bond acceptors (Lipinski definition) is 3. The van der Waals surface area contributed by atoms with Crippen LogP contribution >= 0.6 is 12.3 Å². The Hall–Kier alpha value is 0.270. The summed E-state index contributed by atoms with van der Waals surface area (Å²) in [6, 6.07) is 0. The first-order valence-corrected chi connectivity index (χ1v) is 2.59. The van der Waals surface area contributed by atoms with Crippen LogP contribution < -0.4 is 0 Å². The van der Waals surface area contributed by atoms with Crippen LogP contribution in [0.25, 0.3) is 0 Å². The molecule has 1 aliphatic heterocycles. The normalized spacial score (nSPS) is 23.5. The second kappa shape index (κ2) is 1.82. The van der Waals surface area contributed by atoms with Crippen molar-refractivity contribution in [2.45, 2.75) is 19.6 Å². The molecule has 1 fully saturated rings. The molecule has 3 heteroatoms. The van der Waals surface area contributed by atoms with Crippen molar-refractivity contribution in [3.05, 3.63) is 0 Å². The van der Waals surface area contributed by atoms with Crippen molar-refractivity contribution >= 4 is 12.3 Å². The van der Waals surface area contributed by atoms with Gasteiger partial charge in [-0.2, -0.15) is 0 Å². The van der Waals surface area contributed by atoms with Gasteiger partial charge in [0.25, 0.3) is 0 Å². The Bertz CT molecular complexity index is 41.3. The average Bonchev–Trinajstić information content (AvgIpc) is 1.31. The molecule has 0 atom stereocenters. The summed E-state index contributed by atoms with van der Waals surface area (Å²) in [5.41, 5.74) is 0. The SMILES string of the molecule is CCC1OSO1. The van der Waals surface area contributed by atoms with Gasteiger partial charge in [0.1, 0.15) is 0 Å². The van der Waals surface area contributed by atoms with E-state index in [2.05, 4.69) is 0 Å². The van der Waals surface area contributed by atoms with Crippen LogP contribution in [0.3, 0.4) is 0 Å². The van der Waals surface area contributed by atoms with E-state index in [1.807, 2.05) is 6.92 Å². The molecule has 0 bridgehead atoms. The molecule has 0 aromatic rings. The van der Waals surface area contributed by atoms with E-state index in [1.165, 1.54) is 0 Å². The Morgan fingerprint density at radius 3 is 2.33 bits per heavy atom. The maximum Gasteiger partial charge on any atom is 0.188 e. The van der Waals surface area contributed by atoms with Crippen LogP contribution in [0.1, 0.15) is 13.3 Å². The van der Waals surface area contributed by atoms with E-state index in [0.717, 1.165) is 18.7 Å². The lowest BCUT2D eigenvalue weighted by atomic mass is 10.5. The fourth-order valence-electron chi connectivity index (χ4n) is 0.231. The van der Waals surface area contributed by atoms with E-state index in [0.29, 0.717) is 0 Å². The Balaban J connectivity index is 2.01. The zero-order chi connectivity index (χ0) is 4.41. The first kappa shape index (κ1) is 4.43. The molecule has 0 N–H and O–H groups in total. The average molecular weight is 106 g/mol. The lowest BCUT2D eigenvalue weighted by Gasteiger charge is -2.20. The highest BCUT2D eigenvalue weighted by molar-refractivity contribution is 7.90. The smallest absolute Gasteiger partial charge is 0.188 e. The summed E-state index contributed by atoms with van der Waals surface area (Å²) in [6.07, 6.45) is 1.03. The monoisotopic (exact) mass is 106 g/mol. The molecule has 1 rings (SSSR count). The van der Waals surface area contributed by atoms with Crippen LogP contribution in [0.5, 0.6) is 0 Å². The highest BCUT2D eigenvalue weighted by atomic mass is 32.2. The van der Waals surface area contributed by atoms with Crippen molar-refractivity contribution < 1.29 is 8.37 Å². The molecular weight excluding hydrogens is 100 g/mol. The zero-order valence-electron chi connectivity index (χ0n) is 3.51. The van der Waals surface area contributed by atoms with Crippen molar-refractivity contribution in [3.63, 3.8) is 0 Å². The predicted molar refractivity (Wildman–Crippen MR) is 23.8 cm³/mol. The third-order valence-corrected chi connectivity index (χ3v) is 1.21. The van der Waals surface area contributed by atoms with Gasteiger partial charge in [0.2, 0.25) is 0 Å². The minimum Gasteiger partial charge on any atom is -0.258 e. The standard InChI is InChI=1S/C3H6O2S/c1-2-3-4-6-5-3/h3H,2H2,1H3. The first-order valence-electron chi connectivity index (χ1n) is 1.92. The fraction of sp³-hybridized carbons (Fsp3) is 1.00. The summed E-state index contributed by atoms with van der Waals surface area (Å²) < 4.78 is 9.55.